The molecule has 0 atom stereocenters. The average molecular weight is 153 g/mol. The molecule has 56 valence electrons. The van der Waals surface area contributed by atoms with Crippen LogP contribution in [-0.4, -0.2) is 12.6 Å². The summed E-state index contributed by atoms with van der Waals surface area (Å²) in [5, 5.41) is 0. The second-order valence-electron chi connectivity index (χ2n) is 2.15. The maximum atomic E-state index is 11.5. The molecular weight excluding hydrogens is 139 g/mol. The third kappa shape index (κ3) is 8.22. The summed E-state index contributed by atoms with van der Waals surface area (Å²) in [6.45, 7) is -0.166. The third-order valence-corrected chi connectivity index (χ3v) is 1.53. The highest BCUT2D eigenvalue weighted by molar-refractivity contribution is 6.17. The van der Waals surface area contributed by atoms with E-state index in [-0.39, 0.29) is 6.67 Å². The van der Waals surface area contributed by atoms with Gasteiger partial charge < -0.3 is 0 Å². The summed E-state index contributed by atoms with van der Waals surface area (Å²) in [6.07, 6.45) is 5.11. The zero-order chi connectivity index (χ0) is 6.95. The zero-order valence-electron chi connectivity index (χ0n) is 5.71. The first-order valence-electron chi connectivity index (χ1n) is 3.53. The zero-order valence-corrected chi connectivity index (χ0v) is 6.46. The number of halogens is 2. The van der Waals surface area contributed by atoms with Crippen LogP contribution in [0.25, 0.3) is 0 Å². The van der Waals surface area contributed by atoms with Crippen molar-refractivity contribution in [2.24, 2.45) is 0 Å². The molecule has 0 aliphatic carbocycles. The van der Waals surface area contributed by atoms with Gasteiger partial charge in [0.2, 0.25) is 0 Å². The van der Waals surface area contributed by atoms with Gasteiger partial charge in [0.1, 0.15) is 0 Å². The monoisotopic (exact) mass is 152 g/mol. The van der Waals surface area contributed by atoms with Gasteiger partial charge in [-0.2, -0.15) is 0 Å². The lowest BCUT2D eigenvalue weighted by atomic mass is 10.2. The highest BCUT2D eigenvalue weighted by atomic mass is 35.5. The van der Waals surface area contributed by atoms with Gasteiger partial charge in [0.25, 0.3) is 0 Å². The Kier molecular flexibility index (Phi) is 8.42. The highest BCUT2D eigenvalue weighted by Crippen LogP contribution is 2.03. The summed E-state index contributed by atoms with van der Waals surface area (Å²) in [5.41, 5.74) is 0. The Morgan fingerprint density at radius 2 is 1.44 bits per heavy atom. The van der Waals surface area contributed by atoms with Crippen LogP contribution in [-0.2, 0) is 0 Å². The second-order valence-corrected chi connectivity index (χ2v) is 2.52. The molecule has 0 N–H and O–H groups in total. The molecule has 0 amide bonds. The molecule has 0 aliphatic heterocycles. The number of alkyl halides is 2. The van der Waals surface area contributed by atoms with Gasteiger partial charge in [-0.05, 0) is 12.8 Å². The Morgan fingerprint density at radius 1 is 0.889 bits per heavy atom. The van der Waals surface area contributed by atoms with Gasteiger partial charge in [0.05, 0.1) is 6.67 Å². The van der Waals surface area contributed by atoms with Crippen molar-refractivity contribution in [1.82, 2.24) is 0 Å². The Morgan fingerprint density at radius 3 is 2.00 bits per heavy atom. The quantitative estimate of drug-likeness (QED) is 0.405. The van der Waals surface area contributed by atoms with Gasteiger partial charge in [-0.25, -0.2) is 0 Å². The van der Waals surface area contributed by atoms with Gasteiger partial charge in [-0.15, -0.1) is 11.6 Å². The normalized spacial score (nSPS) is 10.0. The van der Waals surface area contributed by atoms with E-state index in [1.807, 2.05) is 0 Å². The first kappa shape index (κ1) is 9.22. The van der Waals surface area contributed by atoms with Crippen LogP contribution in [0.1, 0.15) is 32.1 Å². The van der Waals surface area contributed by atoms with E-state index in [1.54, 1.807) is 0 Å². The molecule has 0 bridgehead atoms. The summed E-state index contributed by atoms with van der Waals surface area (Å²) in [6, 6.07) is 0. The topological polar surface area (TPSA) is 0 Å². The maximum Gasteiger partial charge on any atom is 0.0894 e. The minimum Gasteiger partial charge on any atom is -0.251 e. The van der Waals surface area contributed by atoms with Crippen molar-refractivity contribution in [2.75, 3.05) is 12.6 Å². The van der Waals surface area contributed by atoms with Crippen molar-refractivity contribution >= 4 is 11.6 Å². The third-order valence-electron chi connectivity index (χ3n) is 1.27. The SMILES string of the molecule is FCCCCCCCCl. The molecule has 0 unspecified atom stereocenters. The molecule has 0 radical (unpaired) electrons. The smallest absolute Gasteiger partial charge is 0.0894 e. The molecule has 0 saturated carbocycles. The van der Waals surface area contributed by atoms with E-state index >= 15 is 0 Å². The van der Waals surface area contributed by atoms with E-state index in [4.69, 9.17) is 11.6 Å². The van der Waals surface area contributed by atoms with Gasteiger partial charge in [0, 0.05) is 5.88 Å². The lowest BCUT2D eigenvalue weighted by molar-refractivity contribution is 0.452. The Balaban J connectivity index is 2.60. The Bertz CT molecular complexity index is 42.2. The van der Waals surface area contributed by atoms with Crippen LogP contribution in [0.3, 0.4) is 0 Å². The van der Waals surface area contributed by atoms with Crippen LogP contribution in [0, 0.1) is 0 Å². The summed E-state index contributed by atoms with van der Waals surface area (Å²) < 4.78 is 11.5. The van der Waals surface area contributed by atoms with E-state index in [0.717, 1.165) is 38.0 Å². The molecule has 0 aromatic rings. The van der Waals surface area contributed by atoms with Gasteiger partial charge in [-0.3, -0.25) is 4.39 Å². The van der Waals surface area contributed by atoms with Gasteiger partial charge >= 0.3 is 0 Å². The van der Waals surface area contributed by atoms with E-state index in [2.05, 4.69) is 0 Å². The molecule has 9 heavy (non-hydrogen) atoms. The number of hydrogen-bond acceptors (Lipinski definition) is 0. The van der Waals surface area contributed by atoms with Crippen LogP contribution in [0.4, 0.5) is 4.39 Å². The Hall–Kier alpha value is 0.220. The molecule has 0 fully saturated rings. The van der Waals surface area contributed by atoms with Crippen molar-refractivity contribution in [3.8, 4) is 0 Å². The predicted octanol–water partition coefficient (Wildman–Crippen LogP) is 3.15. The van der Waals surface area contributed by atoms with E-state index in [9.17, 15) is 4.39 Å². The van der Waals surface area contributed by atoms with Gasteiger partial charge in [-0.1, -0.05) is 19.3 Å². The summed E-state index contributed by atoms with van der Waals surface area (Å²) >= 11 is 5.44. The Labute approximate surface area is 61.4 Å². The minimum absolute atomic E-state index is 0.166. The average Bonchev–Trinajstić information content (AvgIpc) is 1.89. The fourth-order valence-corrected chi connectivity index (χ4v) is 0.908. The molecule has 0 rings (SSSR count). The molecule has 0 nitrogen and oxygen atoms in total. The van der Waals surface area contributed by atoms with E-state index in [0.29, 0.717) is 0 Å². The molecule has 0 saturated heterocycles. The summed E-state index contributed by atoms with van der Waals surface area (Å²) in [4.78, 5) is 0. The standard InChI is InChI=1S/C7H14ClF/c8-6-4-2-1-3-5-7-9/h1-7H2. The molecular formula is C7H14ClF. The number of hydrogen-bond donors (Lipinski definition) is 0. The molecule has 0 heterocycles. The van der Waals surface area contributed by atoms with Crippen molar-refractivity contribution < 1.29 is 4.39 Å². The first-order valence-corrected chi connectivity index (χ1v) is 4.07. The molecule has 0 aromatic heterocycles. The van der Waals surface area contributed by atoms with Crippen molar-refractivity contribution in [3.05, 3.63) is 0 Å². The minimum atomic E-state index is -0.166. The van der Waals surface area contributed by atoms with Gasteiger partial charge in [0.15, 0.2) is 0 Å². The van der Waals surface area contributed by atoms with E-state index in [1.165, 1.54) is 0 Å². The van der Waals surface area contributed by atoms with Crippen LogP contribution in [0.2, 0.25) is 0 Å². The number of unbranched alkanes of at least 4 members (excludes halogenated alkanes) is 4. The fourth-order valence-electron chi connectivity index (χ4n) is 0.719. The summed E-state index contributed by atoms with van der Waals surface area (Å²) in [7, 11) is 0. The van der Waals surface area contributed by atoms with E-state index < -0.39 is 0 Å². The van der Waals surface area contributed by atoms with Crippen molar-refractivity contribution in [3.63, 3.8) is 0 Å². The lowest BCUT2D eigenvalue weighted by Gasteiger charge is -1.94. The molecule has 0 aromatic carbocycles. The van der Waals surface area contributed by atoms with Crippen LogP contribution in [0.15, 0.2) is 0 Å². The molecule has 0 spiro atoms. The lowest BCUT2D eigenvalue weighted by Crippen LogP contribution is -1.80. The predicted molar refractivity (Wildman–Crippen MR) is 39.8 cm³/mol. The first-order chi connectivity index (χ1) is 4.41. The van der Waals surface area contributed by atoms with Crippen LogP contribution >= 0.6 is 11.6 Å². The van der Waals surface area contributed by atoms with Crippen molar-refractivity contribution in [2.45, 2.75) is 32.1 Å². The van der Waals surface area contributed by atoms with Crippen LogP contribution < -0.4 is 0 Å². The molecule has 0 aliphatic rings. The highest BCUT2D eigenvalue weighted by Gasteiger charge is 1.87. The maximum absolute atomic E-state index is 11.5. The number of rotatable bonds is 6. The van der Waals surface area contributed by atoms with Crippen LogP contribution in [0.5, 0.6) is 0 Å². The summed E-state index contributed by atoms with van der Waals surface area (Å²) in [5.74, 6) is 0.746. The fraction of sp³-hybridized carbons (Fsp3) is 1.00. The van der Waals surface area contributed by atoms with Crippen molar-refractivity contribution in [1.29, 1.82) is 0 Å². The molecule has 2 heteroatoms. The largest absolute Gasteiger partial charge is 0.251 e. The second kappa shape index (κ2) is 8.22.